The third-order valence-corrected chi connectivity index (χ3v) is 4.46. The fourth-order valence-electron chi connectivity index (χ4n) is 2.85. The number of aryl methyl sites for hydroxylation is 1. The van der Waals surface area contributed by atoms with E-state index in [9.17, 15) is 0 Å². The zero-order valence-electron chi connectivity index (χ0n) is 13.1. The first-order valence-corrected chi connectivity index (χ1v) is 7.91. The highest BCUT2D eigenvalue weighted by atomic mass is 15.3. The van der Waals surface area contributed by atoms with Gasteiger partial charge in [-0.15, -0.1) is 10.2 Å². The molecule has 0 unspecified atom stereocenters. The zero-order valence-corrected chi connectivity index (χ0v) is 13.1. The average Bonchev–Trinajstić information content (AvgIpc) is 3.28. The van der Waals surface area contributed by atoms with E-state index < -0.39 is 0 Å². The quantitative estimate of drug-likeness (QED) is 0.787. The molecule has 1 aromatic carbocycles. The summed E-state index contributed by atoms with van der Waals surface area (Å²) in [5, 5.41) is 16.3. The predicted octanol–water partition coefficient (Wildman–Crippen LogP) is 3.11. The molecule has 5 nitrogen and oxygen atoms in total. The first-order chi connectivity index (χ1) is 11.3. The molecule has 3 aromatic rings. The van der Waals surface area contributed by atoms with Crippen molar-refractivity contribution in [1.29, 1.82) is 0 Å². The van der Waals surface area contributed by atoms with E-state index in [0.717, 1.165) is 23.9 Å². The van der Waals surface area contributed by atoms with Crippen LogP contribution in [0.1, 0.15) is 24.1 Å². The predicted molar refractivity (Wildman–Crippen MR) is 89.7 cm³/mol. The van der Waals surface area contributed by atoms with Crippen molar-refractivity contribution in [2.75, 3.05) is 11.9 Å². The maximum Gasteiger partial charge on any atom is 0.175 e. The molecule has 1 saturated carbocycles. The molecule has 0 spiro atoms. The second kappa shape index (κ2) is 5.50. The van der Waals surface area contributed by atoms with Gasteiger partial charge in [0.15, 0.2) is 5.82 Å². The van der Waals surface area contributed by atoms with Crippen molar-refractivity contribution in [3.8, 4) is 5.82 Å². The summed E-state index contributed by atoms with van der Waals surface area (Å²) < 4.78 is 1.73. The molecule has 2 heterocycles. The van der Waals surface area contributed by atoms with Crippen LogP contribution >= 0.6 is 0 Å². The van der Waals surface area contributed by atoms with E-state index in [1.807, 2.05) is 31.3 Å². The molecule has 2 aromatic heterocycles. The monoisotopic (exact) mass is 305 g/mol. The van der Waals surface area contributed by atoms with Crippen molar-refractivity contribution < 1.29 is 0 Å². The van der Waals surface area contributed by atoms with Crippen LogP contribution in [0, 0.1) is 6.92 Å². The summed E-state index contributed by atoms with van der Waals surface area (Å²) in [6.45, 7) is 2.85. The van der Waals surface area contributed by atoms with Gasteiger partial charge < -0.3 is 5.32 Å². The lowest BCUT2D eigenvalue weighted by atomic mass is 9.96. The number of nitrogens with zero attached hydrogens (tertiary/aromatic N) is 4. The topological polar surface area (TPSA) is 55.6 Å². The van der Waals surface area contributed by atoms with Gasteiger partial charge in [0.1, 0.15) is 5.82 Å². The second-order valence-corrected chi connectivity index (χ2v) is 6.18. The number of hydrogen-bond acceptors (Lipinski definition) is 4. The normalized spacial score (nSPS) is 15.3. The van der Waals surface area contributed by atoms with E-state index in [4.69, 9.17) is 0 Å². The van der Waals surface area contributed by atoms with Crippen LogP contribution in [0.25, 0.3) is 5.82 Å². The summed E-state index contributed by atoms with van der Waals surface area (Å²) in [6, 6.07) is 16.5. The standard InChI is InChI=1S/C18H19N5/c1-14-9-12-23(22-14)17-8-7-16(20-21-17)19-13-18(10-11-18)15-5-3-2-4-6-15/h2-9,12H,10-11,13H2,1H3,(H,19,20). The van der Waals surface area contributed by atoms with Crippen LogP contribution in [-0.2, 0) is 5.41 Å². The average molecular weight is 305 g/mol. The molecule has 1 fully saturated rings. The summed E-state index contributed by atoms with van der Waals surface area (Å²) >= 11 is 0. The Morgan fingerprint density at radius 2 is 1.87 bits per heavy atom. The molecule has 0 saturated heterocycles. The first kappa shape index (κ1) is 13.9. The second-order valence-electron chi connectivity index (χ2n) is 6.18. The minimum absolute atomic E-state index is 0.265. The summed E-state index contributed by atoms with van der Waals surface area (Å²) in [6.07, 6.45) is 4.34. The molecular weight excluding hydrogens is 286 g/mol. The number of aromatic nitrogens is 4. The highest BCUT2D eigenvalue weighted by molar-refractivity contribution is 5.40. The van der Waals surface area contributed by atoms with Gasteiger partial charge in [0.25, 0.3) is 0 Å². The SMILES string of the molecule is Cc1ccn(-c2ccc(NCC3(c4ccccc4)CC3)nn2)n1. The van der Waals surface area contributed by atoms with Crippen molar-refractivity contribution in [2.24, 2.45) is 0 Å². The van der Waals surface area contributed by atoms with Crippen molar-refractivity contribution in [3.05, 3.63) is 66.0 Å². The molecule has 116 valence electrons. The molecule has 23 heavy (non-hydrogen) atoms. The zero-order chi connectivity index (χ0) is 15.7. The lowest BCUT2D eigenvalue weighted by Gasteiger charge is -2.16. The van der Waals surface area contributed by atoms with Crippen LogP contribution in [-0.4, -0.2) is 26.5 Å². The van der Waals surface area contributed by atoms with Crippen LogP contribution in [0.5, 0.6) is 0 Å². The number of anilines is 1. The third-order valence-electron chi connectivity index (χ3n) is 4.46. The van der Waals surface area contributed by atoms with E-state index in [1.165, 1.54) is 18.4 Å². The van der Waals surface area contributed by atoms with Crippen LogP contribution < -0.4 is 5.32 Å². The Hall–Kier alpha value is -2.69. The van der Waals surface area contributed by atoms with E-state index in [2.05, 4.69) is 50.9 Å². The Bertz CT molecular complexity index is 788. The Kier molecular flexibility index (Phi) is 3.33. The van der Waals surface area contributed by atoms with Gasteiger partial charge in [-0.3, -0.25) is 0 Å². The fraction of sp³-hybridized carbons (Fsp3) is 0.278. The molecular formula is C18H19N5. The van der Waals surface area contributed by atoms with Gasteiger partial charge >= 0.3 is 0 Å². The minimum Gasteiger partial charge on any atom is -0.368 e. The van der Waals surface area contributed by atoms with E-state index in [-0.39, 0.29) is 5.41 Å². The van der Waals surface area contributed by atoms with Crippen molar-refractivity contribution in [1.82, 2.24) is 20.0 Å². The summed E-state index contributed by atoms with van der Waals surface area (Å²) in [5.41, 5.74) is 2.64. The van der Waals surface area contributed by atoms with Gasteiger partial charge in [0.05, 0.1) is 5.69 Å². The minimum atomic E-state index is 0.265. The Balaban J connectivity index is 1.44. The molecule has 0 atom stereocenters. The maximum absolute atomic E-state index is 4.34. The first-order valence-electron chi connectivity index (χ1n) is 7.91. The molecule has 1 aliphatic carbocycles. The molecule has 0 radical (unpaired) electrons. The van der Waals surface area contributed by atoms with E-state index >= 15 is 0 Å². The van der Waals surface area contributed by atoms with Crippen molar-refractivity contribution in [3.63, 3.8) is 0 Å². The van der Waals surface area contributed by atoms with Crippen LogP contribution in [0.15, 0.2) is 54.7 Å². The van der Waals surface area contributed by atoms with Gasteiger partial charge in [-0.25, -0.2) is 4.68 Å². The summed E-state index contributed by atoms with van der Waals surface area (Å²) in [7, 11) is 0. The summed E-state index contributed by atoms with van der Waals surface area (Å²) in [4.78, 5) is 0. The smallest absolute Gasteiger partial charge is 0.175 e. The Morgan fingerprint density at radius 1 is 1.04 bits per heavy atom. The van der Waals surface area contributed by atoms with Crippen LogP contribution in [0.4, 0.5) is 5.82 Å². The van der Waals surface area contributed by atoms with Crippen LogP contribution in [0.2, 0.25) is 0 Å². The Morgan fingerprint density at radius 3 is 2.48 bits per heavy atom. The lowest BCUT2D eigenvalue weighted by molar-refractivity contribution is 0.726. The molecule has 1 N–H and O–H groups in total. The maximum atomic E-state index is 4.34. The molecule has 5 heteroatoms. The lowest BCUT2D eigenvalue weighted by Crippen LogP contribution is -2.20. The van der Waals surface area contributed by atoms with Gasteiger partial charge in [0.2, 0.25) is 0 Å². The van der Waals surface area contributed by atoms with Gasteiger partial charge in [0, 0.05) is 18.2 Å². The number of nitrogens with one attached hydrogen (secondary N) is 1. The van der Waals surface area contributed by atoms with Crippen molar-refractivity contribution >= 4 is 5.82 Å². The fourth-order valence-corrected chi connectivity index (χ4v) is 2.85. The highest BCUT2D eigenvalue weighted by Gasteiger charge is 2.43. The summed E-state index contributed by atoms with van der Waals surface area (Å²) in [5.74, 6) is 1.53. The highest BCUT2D eigenvalue weighted by Crippen LogP contribution is 2.47. The van der Waals surface area contributed by atoms with Gasteiger partial charge in [-0.2, -0.15) is 5.10 Å². The largest absolute Gasteiger partial charge is 0.368 e. The van der Waals surface area contributed by atoms with Gasteiger partial charge in [-0.1, -0.05) is 30.3 Å². The number of benzene rings is 1. The molecule has 0 bridgehead atoms. The molecule has 0 amide bonds. The number of rotatable bonds is 5. The Labute approximate surface area is 135 Å². The van der Waals surface area contributed by atoms with Crippen molar-refractivity contribution in [2.45, 2.75) is 25.2 Å². The van der Waals surface area contributed by atoms with Gasteiger partial charge in [-0.05, 0) is 43.5 Å². The third kappa shape index (κ3) is 2.82. The molecule has 0 aliphatic heterocycles. The van der Waals surface area contributed by atoms with E-state index in [0.29, 0.717) is 0 Å². The van der Waals surface area contributed by atoms with E-state index in [1.54, 1.807) is 4.68 Å². The molecule has 4 rings (SSSR count). The number of hydrogen-bond donors (Lipinski definition) is 1. The van der Waals surface area contributed by atoms with Crippen LogP contribution in [0.3, 0.4) is 0 Å². The molecule has 1 aliphatic rings.